The highest BCUT2D eigenvalue weighted by Crippen LogP contribution is 2.17. The second kappa shape index (κ2) is 3.97. The Morgan fingerprint density at radius 1 is 1.67 bits per heavy atom. The van der Waals surface area contributed by atoms with Gasteiger partial charge in [-0.2, -0.15) is 13.5 Å². The van der Waals surface area contributed by atoms with E-state index < -0.39 is 26.8 Å². The molecule has 6 nitrogen and oxygen atoms in total. The predicted molar refractivity (Wildman–Crippen MR) is 47.5 cm³/mol. The van der Waals surface area contributed by atoms with E-state index in [-0.39, 0.29) is 6.61 Å². The van der Waals surface area contributed by atoms with E-state index in [1.165, 1.54) is 7.05 Å². The van der Waals surface area contributed by atoms with Crippen LogP contribution in [-0.4, -0.2) is 30.8 Å². The number of halogens is 1. The van der Waals surface area contributed by atoms with Crippen LogP contribution in [0.1, 0.15) is 17.4 Å². The monoisotopic (exact) mass is 236 g/mol. The number of aromatic nitrogens is 2. The lowest BCUT2D eigenvalue weighted by atomic mass is 10.4. The largest absolute Gasteiger partial charge is 0.461 e. The molecule has 0 aliphatic rings. The minimum Gasteiger partial charge on any atom is -0.461 e. The summed E-state index contributed by atoms with van der Waals surface area (Å²) in [6.07, 6.45) is 0.904. The summed E-state index contributed by atoms with van der Waals surface area (Å²) >= 11 is 0. The third kappa shape index (κ3) is 2.52. The van der Waals surface area contributed by atoms with Gasteiger partial charge in [0, 0.05) is 13.2 Å². The highest BCUT2D eigenvalue weighted by atomic mass is 32.3. The molecule has 15 heavy (non-hydrogen) atoms. The maximum atomic E-state index is 12.7. The number of nitrogens with zero attached hydrogens (tertiary/aromatic N) is 2. The van der Waals surface area contributed by atoms with Crippen molar-refractivity contribution in [3.05, 3.63) is 11.9 Å². The van der Waals surface area contributed by atoms with Crippen molar-refractivity contribution in [3.8, 4) is 0 Å². The Balaban J connectivity index is 3.24. The zero-order valence-electron chi connectivity index (χ0n) is 8.10. The first kappa shape index (κ1) is 11.6. The van der Waals surface area contributed by atoms with E-state index in [2.05, 4.69) is 9.84 Å². The summed E-state index contributed by atoms with van der Waals surface area (Å²) in [4.78, 5) is 10.4. The van der Waals surface area contributed by atoms with Crippen molar-refractivity contribution in [2.24, 2.45) is 7.05 Å². The van der Waals surface area contributed by atoms with Gasteiger partial charge in [0.2, 0.25) is 0 Å². The Labute approximate surface area is 85.9 Å². The normalized spacial score (nSPS) is 11.4. The van der Waals surface area contributed by atoms with Crippen molar-refractivity contribution in [2.45, 2.75) is 11.8 Å². The first-order chi connectivity index (χ1) is 6.86. The van der Waals surface area contributed by atoms with Gasteiger partial charge in [-0.25, -0.2) is 4.79 Å². The molecular weight excluding hydrogens is 227 g/mol. The van der Waals surface area contributed by atoms with Crippen molar-refractivity contribution in [2.75, 3.05) is 6.61 Å². The summed E-state index contributed by atoms with van der Waals surface area (Å²) in [5.74, 6) is -0.964. The average molecular weight is 236 g/mol. The number of ether oxygens (including phenoxy) is 1. The molecule has 0 spiro atoms. The number of aryl methyl sites for hydroxylation is 1. The van der Waals surface area contributed by atoms with Gasteiger partial charge in [0.25, 0.3) is 0 Å². The zero-order valence-corrected chi connectivity index (χ0v) is 8.91. The molecule has 0 atom stereocenters. The molecule has 0 aliphatic carbocycles. The lowest BCUT2D eigenvalue weighted by Crippen LogP contribution is -2.09. The van der Waals surface area contributed by atoms with Crippen LogP contribution in [-0.2, 0) is 22.0 Å². The topological polar surface area (TPSA) is 78.3 Å². The number of esters is 1. The number of carbonyl (C=O) groups is 1. The van der Waals surface area contributed by atoms with Gasteiger partial charge >= 0.3 is 16.2 Å². The molecule has 0 aromatic carbocycles. The van der Waals surface area contributed by atoms with Crippen LogP contribution in [0.25, 0.3) is 0 Å². The molecule has 0 saturated heterocycles. The molecule has 1 aromatic rings. The molecule has 0 N–H and O–H groups in total. The van der Waals surface area contributed by atoms with Gasteiger partial charge in [0.05, 0.1) is 6.61 Å². The molecule has 0 saturated carbocycles. The van der Waals surface area contributed by atoms with Crippen molar-refractivity contribution in [3.63, 3.8) is 0 Å². The summed E-state index contributed by atoms with van der Waals surface area (Å²) in [5, 5.41) is 3.52. The molecule has 8 heteroatoms. The van der Waals surface area contributed by atoms with E-state index in [1.807, 2.05) is 0 Å². The molecule has 1 rings (SSSR count). The number of hydrogen-bond donors (Lipinski definition) is 0. The van der Waals surface area contributed by atoms with E-state index in [1.54, 1.807) is 6.92 Å². The van der Waals surface area contributed by atoms with Gasteiger partial charge < -0.3 is 4.74 Å². The van der Waals surface area contributed by atoms with Gasteiger partial charge in [-0.15, -0.1) is 3.89 Å². The minimum atomic E-state index is -4.96. The maximum Gasteiger partial charge on any atom is 0.360 e. The summed E-state index contributed by atoms with van der Waals surface area (Å²) in [5.41, 5.74) is -0.540. The van der Waals surface area contributed by atoms with Crippen LogP contribution in [0.2, 0.25) is 0 Å². The van der Waals surface area contributed by atoms with Crippen LogP contribution < -0.4 is 0 Å². The molecule has 1 aromatic heterocycles. The fourth-order valence-electron chi connectivity index (χ4n) is 0.986. The molecule has 0 amide bonds. The number of carbonyl (C=O) groups excluding carboxylic acids is 1. The first-order valence-electron chi connectivity index (χ1n) is 4.01. The molecule has 0 aliphatic heterocycles. The minimum absolute atomic E-state index is 0.0567. The van der Waals surface area contributed by atoms with Crippen molar-refractivity contribution < 1.29 is 21.8 Å². The Kier molecular flexibility index (Phi) is 3.08. The third-order valence-electron chi connectivity index (χ3n) is 1.53. The summed E-state index contributed by atoms with van der Waals surface area (Å²) in [7, 11) is -3.59. The summed E-state index contributed by atoms with van der Waals surface area (Å²) in [6, 6.07) is 0. The van der Waals surface area contributed by atoms with Crippen molar-refractivity contribution >= 4 is 16.2 Å². The Bertz CT molecular complexity index is 479. The molecule has 0 fully saturated rings. The summed E-state index contributed by atoms with van der Waals surface area (Å²) in [6.45, 7) is 1.60. The van der Waals surface area contributed by atoms with Crippen LogP contribution in [0, 0.1) is 0 Å². The second-order valence-corrected chi connectivity index (χ2v) is 3.99. The molecule has 84 valence electrons. The number of rotatable bonds is 3. The van der Waals surface area contributed by atoms with E-state index in [9.17, 15) is 17.1 Å². The van der Waals surface area contributed by atoms with E-state index >= 15 is 0 Å². The highest BCUT2D eigenvalue weighted by Gasteiger charge is 2.26. The fraction of sp³-hybridized carbons (Fsp3) is 0.429. The van der Waals surface area contributed by atoms with Crippen LogP contribution in [0.4, 0.5) is 3.89 Å². The van der Waals surface area contributed by atoms with E-state index in [0.717, 1.165) is 10.9 Å². The molecule has 1 heterocycles. The van der Waals surface area contributed by atoms with Crippen molar-refractivity contribution in [1.82, 2.24) is 9.78 Å². The predicted octanol–water partition coefficient (Wildman–Crippen LogP) is 0.255. The van der Waals surface area contributed by atoms with Gasteiger partial charge in [0.1, 0.15) is 0 Å². The highest BCUT2D eigenvalue weighted by molar-refractivity contribution is 7.86. The Morgan fingerprint density at radius 3 is 2.73 bits per heavy atom. The average Bonchev–Trinajstić information content (AvgIpc) is 2.47. The Hall–Kier alpha value is -1.44. The van der Waals surface area contributed by atoms with Crippen LogP contribution in [0.5, 0.6) is 0 Å². The summed E-state index contributed by atoms with van der Waals surface area (Å²) < 4.78 is 39.6. The molecule has 0 bridgehead atoms. The lowest BCUT2D eigenvalue weighted by molar-refractivity contribution is 0.0514. The van der Waals surface area contributed by atoms with Gasteiger partial charge in [-0.3, -0.25) is 4.68 Å². The lowest BCUT2D eigenvalue weighted by Gasteiger charge is -1.98. The standard InChI is InChI=1S/C7H9FN2O4S/c1-3-14-7(11)6-5(15(8,12)13)4-10(2)9-6/h4H,3H2,1-2H3. The second-order valence-electron chi connectivity index (χ2n) is 2.67. The van der Waals surface area contributed by atoms with Crippen molar-refractivity contribution in [1.29, 1.82) is 0 Å². The Morgan fingerprint density at radius 2 is 2.27 bits per heavy atom. The SMILES string of the molecule is CCOC(=O)c1nn(C)cc1S(=O)(=O)F. The first-order valence-corrected chi connectivity index (χ1v) is 5.40. The van der Waals surface area contributed by atoms with Gasteiger partial charge in [0.15, 0.2) is 10.6 Å². The quantitative estimate of drug-likeness (QED) is 0.555. The van der Waals surface area contributed by atoms with E-state index in [0.29, 0.717) is 0 Å². The zero-order chi connectivity index (χ0) is 11.6. The molecule has 0 radical (unpaired) electrons. The van der Waals surface area contributed by atoms with E-state index in [4.69, 9.17) is 0 Å². The van der Waals surface area contributed by atoms with Gasteiger partial charge in [-0.1, -0.05) is 0 Å². The van der Waals surface area contributed by atoms with Gasteiger partial charge in [-0.05, 0) is 6.92 Å². The molecular formula is C7H9FN2O4S. The van der Waals surface area contributed by atoms with Crippen LogP contribution in [0.15, 0.2) is 11.1 Å². The smallest absolute Gasteiger partial charge is 0.360 e. The fourth-order valence-corrected chi connectivity index (χ4v) is 1.62. The van der Waals surface area contributed by atoms with Crippen LogP contribution in [0.3, 0.4) is 0 Å². The van der Waals surface area contributed by atoms with Crippen LogP contribution >= 0.6 is 0 Å². The molecule has 0 unspecified atom stereocenters. The number of hydrogen-bond acceptors (Lipinski definition) is 5. The maximum absolute atomic E-state index is 12.7. The third-order valence-corrected chi connectivity index (χ3v) is 2.35.